The van der Waals surface area contributed by atoms with E-state index < -0.39 is 0 Å². The van der Waals surface area contributed by atoms with E-state index in [1.807, 2.05) is 17.8 Å². The molecule has 1 aromatic carbocycles. The van der Waals surface area contributed by atoms with E-state index in [2.05, 4.69) is 72.4 Å². The molecule has 170 valence electrons. The van der Waals surface area contributed by atoms with E-state index in [0.29, 0.717) is 11.8 Å². The normalized spacial score (nSPS) is 16.8. The van der Waals surface area contributed by atoms with Crippen molar-refractivity contribution in [3.8, 4) is 5.75 Å². The van der Waals surface area contributed by atoms with E-state index in [-0.39, 0.29) is 0 Å². The minimum atomic E-state index is 0.408. The third-order valence-electron chi connectivity index (χ3n) is 5.79. The first-order chi connectivity index (χ1) is 14.9. The van der Waals surface area contributed by atoms with Gasteiger partial charge >= 0.3 is 0 Å². The number of rotatable bonds is 8. The van der Waals surface area contributed by atoms with Crippen molar-refractivity contribution in [3.05, 3.63) is 41.7 Å². The third-order valence-corrected chi connectivity index (χ3v) is 5.79. The smallest absolute Gasteiger partial charge is 0.193 e. The molecule has 2 aromatic rings. The number of guanidine groups is 1. The minimum Gasteiger partial charge on any atom is -0.497 e. The molecule has 7 heteroatoms. The molecule has 1 aromatic heterocycles. The molecule has 2 heterocycles. The van der Waals surface area contributed by atoms with Gasteiger partial charge in [-0.25, -0.2) is 0 Å². The fraction of sp³-hybridized carbons (Fsp3) is 0.583. The molecule has 0 bridgehead atoms. The first-order valence-corrected chi connectivity index (χ1v) is 11.3. The maximum atomic E-state index is 5.38. The molecule has 0 saturated carbocycles. The molecule has 0 amide bonds. The average molecular weight is 427 g/mol. The fourth-order valence-electron chi connectivity index (χ4n) is 4.20. The van der Waals surface area contributed by atoms with Crippen molar-refractivity contribution in [1.29, 1.82) is 0 Å². The number of ether oxygens (including phenoxy) is 1. The Morgan fingerprint density at radius 2 is 2.19 bits per heavy atom. The number of methoxy groups -OCH3 is 1. The molecule has 7 nitrogen and oxygen atoms in total. The van der Waals surface area contributed by atoms with Crippen LogP contribution in [-0.4, -0.2) is 61.0 Å². The van der Waals surface area contributed by atoms with Crippen LogP contribution in [-0.2, 0) is 13.6 Å². The van der Waals surface area contributed by atoms with Gasteiger partial charge in [-0.05, 0) is 37.3 Å². The summed E-state index contributed by atoms with van der Waals surface area (Å²) in [7, 11) is 5.81. The lowest BCUT2D eigenvalue weighted by molar-refractivity contribution is 0.415. The van der Waals surface area contributed by atoms with Crippen LogP contribution < -0.4 is 15.0 Å². The summed E-state index contributed by atoms with van der Waals surface area (Å²) in [5, 5.41) is 8.10. The van der Waals surface area contributed by atoms with Gasteiger partial charge in [0.25, 0.3) is 0 Å². The second-order valence-electron chi connectivity index (χ2n) is 8.72. The van der Waals surface area contributed by atoms with Crippen molar-refractivity contribution in [1.82, 2.24) is 20.0 Å². The zero-order chi connectivity index (χ0) is 22.4. The zero-order valence-electron chi connectivity index (χ0n) is 19.9. The van der Waals surface area contributed by atoms with Crippen molar-refractivity contribution in [2.24, 2.45) is 18.0 Å². The van der Waals surface area contributed by atoms with Gasteiger partial charge in [0.2, 0.25) is 0 Å². The summed E-state index contributed by atoms with van der Waals surface area (Å²) in [6.07, 6.45) is 3.28. The van der Waals surface area contributed by atoms with Gasteiger partial charge in [-0.15, -0.1) is 0 Å². The lowest BCUT2D eigenvalue weighted by Gasteiger charge is -2.23. The molecule has 1 atom stereocenters. The summed E-state index contributed by atoms with van der Waals surface area (Å²) in [4.78, 5) is 9.63. The fourth-order valence-corrected chi connectivity index (χ4v) is 4.20. The molecule has 0 spiro atoms. The highest BCUT2D eigenvalue weighted by molar-refractivity contribution is 5.79. The lowest BCUT2D eigenvalue weighted by atomic mass is 10.1. The maximum Gasteiger partial charge on any atom is 0.193 e. The first-order valence-electron chi connectivity index (χ1n) is 11.3. The van der Waals surface area contributed by atoms with Gasteiger partial charge < -0.3 is 19.9 Å². The molecule has 1 aliphatic heterocycles. The van der Waals surface area contributed by atoms with E-state index in [9.17, 15) is 0 Å². The summed E-state index contributed by atoms with van der Waals surface area (Å²) in [6.45, 7) is 11.1. The van der Waals surface area contributed by atoms with Crippen molar-refractivity contribution in [3.63, 3.8) is 0 Å². The summed E-state index contributed by atoms with van der Waals surface area (Å²) in [5.74, 6) is 2.83. The van der Waals surface area contributed by atoms with Gasteiger partial charge in [0.1, 0.15) is 5.75 Å². The summed E-state index contributed by atoms with van der Waals surface area (Å²) >= 11 is 0. The zero-order valence-corrected chi connectivity index (χ0v) is 19.9. The summed E-state index contributed by atoms with van der Waals surface area (Å²) in [5.41, 5.74) is 3.65. The summed E-state index contributed by atoms with van der Waals surface area (Å²) in [6, 6.07) is 8.32. The summed E-state index contributed by atoms with van der Waals surface area (Å²) < 4.78 is 7.29. The number of hydrogen-bond donors (Lipinski definition) is 1. The Morgan fingerprint density at radius 1 is 1.39 bits per heavy atom. The number of hydrogen-bond acceptors (Lipinski definition) is 4. The van der Waals surface area contributed by atoms with E-state index in [1.54, 1.807) is 7.11 Å². The predicted molar refractivity (Wildman–Crippen MR) is 128 cm³/mol. The van der Waals surface area contributed by atoms with Crippen LogP contribution in [0.5, 0.6) is 5.75 Å². The molecular formula is C24H38N6O. The number of aryl methyl sites for hydroxylation is 1. The second kappa shape index (κ2) is 10.6. The quantitative estimate of drug-likeness (QED) is 0.517. The molecule has 3 rings (SSSR count). The number of aliphatic imine (C=N–C) groups is 1. The van der Waals surface area contributed by atoms with Crippen LogP contribution >= 0.6 is 0 Å². The third kappa shape index (κ3) is 5.93. The van der Waals surface area contributed by atoms with Crippen LogP contribution in [0.15, 0.2) is 35.5 Å². The van der Waals surface area contributed by atoms with Crippen molar-refractivity contribution >= 4 is 11.6 Å². The Bertz CT molecular complexity index is 875. The highest BCUT2D eigenvalue weighted by Gasteiger charge is 2.23. The minimum absolute atomic E-state index is 0.408. The standard InChI is InChI=1S/C24H38N6O/c1-7-25-24(28(4)16-20-17-29(5)27-23(20)18(2)3)26-14-19-11-12-30(15-19)21-9-8-10-22(13-21)31-6/h8-10,13,17-19H,7,11-12,14-16H2,1-6H3,(H,25,26). The van der Waals surface area contributed by atoms with Gasteiger partial charge in [0, 0.05) is 70.3 Å². The highest BCUT2D eigenvalue weighted by Crippen LogP contribution is 2.27. The number of nitrogens with one attached hydrogen (secondary N) is 1. The Balaban J connectivity index is 1.63. The molecule has 1 unspecified atom stereocenters. The van der Waals surface area contributed by atoms with Gasteiger partial charge in [0.05, 0.1) is 12.8 Å². The van der Waals surface area contributed by atoms with Crippen LogP contribution in [0.3, 0.4) is 0 Å². The van der Waals surface area contributed by atoms with Gasteiger partial charge in [-0.1, -0.05) is 19.9 Å². The molecule has 31 heavy (non-hydrogen) atoms. The monoisotopic (exact) mass is 426 g/mol. The van der Waals surface area contributed by atoms with Crippen LogP contribution in [0, 0.1) is 5.92 Å². The highest BCUT2D eigenvalue weighted by atomic mass is 16.5. The first kappa shape index (κ1) is 23.0. The average Bonchev–Trinajstić information content (AvgIpc) is 3.37. The van der Waals surface area contributed by atoms with Crippen molar-refractivity contribution in [2.75, 3.05) is 45.2 Å². The molecule has 1 aliphatic rings. The molecule has 0 radical (unpaired) electrons. The van der Waals surface area contributed by atoms with E-state index in [4.69, 9.17) is 9.73 Å². The number of nitrogens with zero attached hydrogens (tertiary/aromatic N) is 5. The molecular weight excluding hydrogens is 388 g/mol. The SMILES string of the molecule is CCNC(=NCC1CCN(c2cccc(OC)c2)C1)N(C)Cc1cn(C)nc1C(C)C. The largest absolute Gasteiger partial charge is 0.497 e. The van der Waals surface area contributed by atoms with Crippen LogP contribution in [0.1, 0.15) is 44.4 Å². The molecule has 0 aliphatic carbocycles. The van der Waals surface area contributed by atoms with Gasteiger partial charge in [-0.3, -0.25) is 9.67 Å². The van der Waals surface area contributed by atoms with Gasteiger partial charge in [-0.2, -0.15) is 5.10 Å². The van der Waals surface area contributed by atoms with Crippen LogP contribution in [0.25, 0.3) is 0 Å². The van der Waals surface area contributed by atoms with E-state index >= 15 is 0 Å². The van der Waals surface area contributed by atoms with E-state index in [1.165, 1.54) is 11.3 Å². The van der Waals surface area contributed by atoms with E-state index in [0.717, 1.165) is 56.5 Å². The Labute approximate surface area is 187 Å². The second-order valence-corrected chi connectivity index (χ2v) is 8.72. The Morgan fingerprint density at radius 3 is 2.90 bits per heavy atom. The number of benzene rings is 1. The lowest BCUT2D eigenvalue weighted by Crippen LogP contribution is -2.39. The topological polar surface area (TPSA) is 57.9 Å². The Kier molecular flexibility index (Phi) is 7.82. The predicted octanol–water partition coefficient (Wildman–Crippen LogP) is 3.48. The van der Waals surface area contributed by atoms with Crippen LogP contribution in [0.2, 0.25) is 0 Å². The van der Waals surface area contributed by atoms with Crippen molar-refractivity contribution < 1.29 is 4.74 Å². The van der Waals surface area contributed by atoms with Gasteiger partial charge in [0.15, 0.2) is 5.96 Å². The van der Waals surface area contributed by atoms with Crippen molar-refractivity contribution in [2.45, 2.75) is 39.7 Å². The number of anilines is 1. The molecule has 1 fully saturated rings. The molecule has 1 saturated heterocycles. The Hall–Kier alpha value is -2.70. The van der Waals surface area contributed by atoms with Crippen LogP contribution in [0.4, 0.5) is 5.69 Å². The molecule has 1 N–H and O–H groups in total. The number of aromatic nitrogens is 2. The maximum absolute atomic E-state index is 5.38.